The maximum absolute atomic E-state index is 12.8. The van der Waals surface area contributed by atoms with E-state index in [4.69, 9.17) is 0 Å². The van der Waals surface area contributed by atoms with Gasteiger partial charge < -0.3 is 4.90 Å². The Labute approximate surface area is 136 Å². The van der Waals surface area contributed by atoms with E-state index in [1.165, 1.54) is 17.1 Å². The zero-order chi connectivity index (χ0) is 17.3. The predicted molar refractivity (Wildman–Crippen MR) is 80.4 cm³/mol. The summed E-state index contributed by atoms with van der Waals surface area (Å²) in [5.74, 6) is 0.208. The minimum Gasteiger partial charge on any atom is -0.324 e. The van der Waals surface area contributed by atoms with Crippen LogP contribution < -0.4 is 5.32 Å². The van der Waals surface area contributed by atoms with Crippen molar-refractivity contribution in [3.05, 3.63) is 41.7 Å². The average Bonchev–Trinajstić information content (AvgIpc) is 3.16. The van der Waals surface area contributed by atoms with Crippen molar-refractivity contribution in [3.63, 3.8) is 0 Å². The minimum absolute atomic E-state index is 0.113. The first-order valence-electron chi connectivity index (χ1n) is 7.41. The summed E-state index contributed by atoms with van der Waals surface area (Å²) in [6, 6.07) is 4.96. The Kier molecular flexibility index (Phi) is 4.16. The van der Waals surface area contributed by atoms with Gasteiger partial charge in [0, 0.05) is 26.1 Å². The first-order valence-corrected chi connectivity index (χ1v) is 7.41. The molecule has 0 bridgehead atoms. The lowest BCUT2D eigenvalue weighted by atomic mass is 9.96. The van der Waals surface area contributed by atoms with Crippen molar-refractivity contribution in [1.82, 2.24) is 19.7 Å². The van der Waals surface area contributed by atoms with Crippen LogP contribution in [0.15, 0.2) is 30.6 Å². The van der Waals surface area contributed by atoms with Crippen molar-refractivity contribution in [3.8, 4) is 0 Å². The lowest BCUT2D eigenvalue weighted by molar-refractivity contribution is -0.137. The summed E-state index contributed by atoms with van der Waals surface area (Å²) < 4.78 is 39.9. The molecule has 1 unspecified atom stereocenters. The molecule has 0 aliphatic carbocycles. The van der Waals surface area contributed by atoms with Gasteiger partial charge >= 0.3 is 12.2 Å². The number of rotatable bonds is 2. The van der Waals surface area contributed by atoms with Gasteiger partial charge in [-0.3, -0.25) is 5.32 Å². The largest absolute Gasteiger partial charge is 0.416 e. The van der Waals surface area contributed by atoms with Crippen LogP contribution in [0.3, 0.4) is 0 Å². The molecule has 0 saturated carbocycles. The van der Waals surface area contributed by atoms with Crippen LogP contribution in [0.25, 0.3) is 0 Å². The van der Waals surface area contributed by atoms with Gasteiger partial charge in [-0.2, -0.15) is 23.3 Å². The highest BCUT2D eigenvalue weighted by molar-refractivity contribution is 5.87. The fourth-order valence-electron chi connectivity index (χ4n) is 2.77. The van der Waals surface area contributed by atoms with Crippen LogP contribution in [0.2, 0.25) is 0 Å². The molecule has 9 heteroatoms. The molecule has 2 aromatic rings. The quantitative estimate of drug-likeness (QED) is 0.915. The molecule has 1 aliphatic heterocycles. The van der Waals surface area contributed by atoms with Crippen LogP contribution in [0.4, 0.5) is 23.9 Å². The molecule has 24 heavy (non-hydrogen) atoms. The van der Waals surface area contributed by atoms with E-state index in [-0.39, 0.29) is 11.9 Å². The molecular weight excluding hydrogens is 323 g/mol. The van der Waals surface area contributed by atoms with Crippen LogP contribution in [0.1, 0.15) is 23.5 Å². The molecule has 1 aliphatic rings. The Hall–Kier alpha value is -2.58. The number of carbonyl (C=O) groups excluding carboxylic acids is 1. The van der Waals surface area contributed by atoms with E-state index >= 15 is 0 Å². The number of nitrogens with one attached hydrogen (secondary N) is 1. The Morgan fingerprint density at radius 3 is 2.83 bits per heavy atom. The number of hydrogen-bond acceptors (Lipinski definition) is 3. The molecule has 2 amide bonds. The highest BCUT2D eigenvalue weighted by Gasteiger charge is 2.33. The van der Waals surface area contributed by atoms with Gasteiger partial charge in [-0.05, 0) is 18.1 Å². The number of aryl methyl sites for hydroxylation is 1. The first kappa shape index (κ1) is 16.3. The molecule has 1 fully saturated rings. The van der Waals surface area contributed by atoms with Gasteiger partial charge in [-0.15, -0.1) is 0 Å². The second-order valence-electron chi connectivity index (χ2n) is 5.69. The SMILES string of the molecule is Cn1ncnc1NC(=O)N1CCC(c2cccc(C(F)(F)F)c2)C1. The number of urea groups is 1. The number of aromatic nitrogens is 3. The average molecular weight is 339 g/mol. The van der Waals surface area contributed by atoms with Crippen molar-refractivity contribution >= 4 is 12.0 Å². The molecule has 2 heterocycles. The molecule has 1 saturated heterocycles. The van der Waals surface area contributed by atoms with Gasteiger partial charge in [-0.25, -0.2) is 9.48 Å². The third kappa shape index (κ3) is 3.34. The third-order valence-electron chi connectivity index (χ3n) is 4.09. The molecule has 1 atom stereocenters. The van der Waals surface area contributed by atoms with Crippen molar-refractivity contribution in [1.29, 1.82) is 0 Å². The van der Waals surface area contributed by atoms with Crippen molar-refractivity contribution in [2.45, 2.75) is 18.5 Å². The van der Waals surface area contributed by atoms with E-state index in [1.54, 1.807) is 18.0 Å². The topological polar surface area (TPSA) is 63.1 Å². The van der Waals surface area contributed by atoms with E-state index in [2.05, 4.69) is 15.4 Å². The number of halogens is 3. The van der Waals surface area contributed by atoms with Gasteiger partial charge in [-0.1, -0.05) is 18.2 Å². The summed E-state index contributed by atoms with van der Waals surface area (Å²) >= 11 is 0. The predicted octanol–water partition coefficient (Wildman–Crippen LogP) is 2.86. The molecule has 3 rings (SSSR count). The summed E-state index contributed by atoms with van der Waals surface area (Å²) in [5, 5.41) is 6.49. The molecule has 1 aromatic heterocycles. The summed E-state index contributed by atoms with van der Waals surface area (Å²) in [5.41, 5.74) is -0.0687. The van der Waals surface area contributed by atoms with Crippen LogP contribution >= 0.6 is 0 Å². The highest BCUT2D eigenvalue weighted by atomic mass is 19.4. The van der Waals surface area contributed by atoms with Gasteiger partial charge in [0.05, 0.1) is 5.56 Å². The summed E-state index contributed by atoms with van der Waals surface area (Å²) in [6.07, 6.45) is -2.42. The Balaban J connectivity index is 1.67. The summed E-state index contributed by atoms with van der Waals surface area (Å²) in [7, 11) is 1.65. The number of alkyl halides is 3. The van der Waals surface area contributed by atoms with Crippen molar-refractivity contribution in [2.75, 3.05) is 18.4 Å². The number of hydrogen-bond donors (Lipinski definition) is 1. The third-order valence-corrected chi connectivity index (χ3v) is 4.09. The smallest absolute Gasteiger partial charge is 0.324 e. The monoisotopic (exact) mass is 339 g/mol. The van der Waals surface area contributed by atoms with Crippen molar-refractivity contribution < 1.29 is 18.0 Å². The van der Waals surface area contributed by atoms with Gasteiger partial charge in [0.15, 0.2) is 0 Å². The van der Waals surface area contributed by atoms with Gasteiger partial charge in [0.1, 0.15) is 6.33 Å². The van der Waals surface area contributed by atoms with E-state index in [1.807, 2.05) is 0 Å². The maximum atomic E-state index is 12.8. The zero-order valence-corrected chi connectivity index (χ0v) is 12.9. The fourth-order valence-corrected chi connectivity index (χ4v) is 2.77. The van der Waals surface area contributed by atoms with Crippen molar-refractivity contribution in [2.24, 2.45) is 7.05 Å². The number of anilines is 1. The molecule has 1 aromatic carbocycles. The number of nitrogens with zero attached hydrogens (tertiary/aromatic N) is 4. The maximum Gasteiger partial charge on any atom is 0.416 e. The van der Waals surface area contributed by atoms with Crippen LogP contribution in [0.5, 0.6) is 0 Å². The minimum atomic E-state index is -4.36. The standard InChI is InChI=1S/C15H16F3N5O/c1-22-13(19-9-20-22)21-14(24)23-6-5-11(8-23)10-3-2-4-12(7-10)15(16,17)18/h2-4,7,9,11H,5-6,8H2,1H3,(H,19,20,21,24). The lowest BCUT2D eigenvalue weighted by Gasteiger charge is -2.17. The molecule has 6 nitrogen and oxygen atoms in total. The second kappa shape index (κ2) is 6.14. The Morgan fingerprint density at radius 1 is 1.38 bits per heavy atom. The van der Waals surface area contributed by atoms with E-state index in [9.17, 15) is 18.0 Å². The Morgan fingerprint density at radius 2 is 2.17 bits per heavy atom. The first-order chi connectivity index (χ1) is 11.3. The Bertz CT molecular complexity index is 743. The molecular formula is C15H16F3N5O. The molecule has 0 spiro atoms. The van der Waals surface area contributed by atoms with E-state index in [0.717, 1.165) is 12.1 Å². The van der Waals surface area contributed by atoms with Crippen LogP contribution in [0, 0.1) is 0 Å². The number of carbonyl (C=O) groups is 1. The summed E-state index contributed by atoms with van der Waals surface area (Å²) in [6.45, 7) is 0.843. The number of likely N-dealkylation sites (tertiary alicyclic amines) is 1. The van der Waals surface area contributed by atoms with Crippen LogP contribution in [-0.2, 0) is 13.2 Å². The van der Waals surface area contributed by atoms with Crippen LogP contribution in [-0.4, -0.2) is 38.8 Å². The van der Waals surface area contributed by atoms with Gasteiger partial charge in [0.25, 0.3) is 0 Å². The van der Waals surface area contributed by atoms with E-state index in [0.29, 0.717) is 31.0 Å². The van der Waals surface area contributed by atoms with Gasteiger partial charge in [0.2, 0.25) is 5.95 Å². The highest BCUT2D eigenvalue weighted by Crippen LogP contribution is 2.33. The summed E-state index contributed by atoms with van der Waals surface area (Å²) in [4.78, 5) is 17.7. The molecule has 0 radical (unpaired) electrons. The normalized spacial score (nSPS) is 18.0. The molecule has 128 valence electrons. The number of amides is 2. The zero-order valence-electron chi connectivity index (χ0n) is 12.9. The fraction of sp³-hybridized carbons (Fsp3) is 0.400. The number of benzene rings is 1. The molecule has 1 N–H and O–H groups in total. The second-order valence-corrected chi connectivity index (χ2v) is 5.69. The lowest BCUT2D eigenvalue weighted by Crippen LogP contribution is -2.33. The van der Waals surface area contributed by atoms with E-state index < -0.39 is 11.7 Å².